The molecule has 1 aromatic carbocycles. The molecule has 0 radical (unpaired) electrons. The zero-order valence-electron chi connectivity index (χ0n) is 12.1. The molecule has 0 N–H and O–H groups in total. The predicted molar refractivity (Wildman–Crippen MR) is 87.0 cm³/mol. The van der Waals surface area contributed by atoms with Gasteiger partial charge in [-0.05, 0) is 24.3 Å². The molecule has 0 aliphatic heterocycles. The number of halogens is 1. The van der Waals surface area contributed by atoms with Crippen LogP contribution in [-0.4, -0.2) is 20.0 Å². The van der Waals surface area contributed by atoms with Crippen LogP contribution in [0.25, 0.3) is 0 Å². The van der Waals surface area contributed by atoms with Gasteiger partial charge in [0.1, 0.15) is 12.4 Å². The van der Waals surface area contributed by atoms with Gasteiger partial charge in [0.05, 0.1) is 0 Å². The minimum atomic E-state index is 0.362. The van der Waals surface area contributed by atoms with Crippen LogP contribution in [0.2, 0.25) is 5.02 Å². The molecule has 6 heteroatoms. The van der Waals surface area contributed by atoms with E-state index in [9.17, 15) is 0 Å². The average molecular weight is 324 g/mol. The number of hydrogen-bond acceptors (Lipinski definition) is 4. The molecular formula is C15H18ClN3OS. The maximum atomic E-state index is 5.85. The molecule has 1 aromatic heterocycles. The molecule has 112 valence electrons. The Kier molecular flexibility index (Phi) is 5.70. The highest BCUT2D eigenvalue weighted by Crippen LogP contribution is 2.23. The van der Waals surface area contributed by atoms with Gasteiger partial charge in [-0.25, -0.2) is 0 Å². The SMILES string of the molecule is C=CCn1c(COc2ccc(Cl)cc2)nnc1SC(C)C. The van der Waals surface area contributed by atoms with Crippen molar-refractivity contribution in [3.8, 4) is 5.75 Å². The Bertz CT molecular complexity index is 595. The van der Waals surface area contributed by atoms with Gasteiger partial charge in [-0.15, -0.1) is 16.8 Å². The van der Waals surface area contributed by atoms with Crippen LogP contribution >= 0.6 is 23.4 Å². The van der Waals surface area contributed by atoms with E-state index in [4.69, 9.17) is 16.3 Å². The standard InChI is InChI=1S/C15H18ClN3OS/c1-4-9-19-14(17-18-15(19)21-11(2)3)10-20-13-7-5-12(16)6-8-13/h4-8,11H,1,9-10H2,2-3H3. The van der Waals surface area contributed by atoms with Crippen molar-refractivity contribution in [1.29, 1.82) is 0 Å². The van der Waals surface area contributed by atoms with Crippen molar-refractivity contribution in [1.82, 2.24) is 14.8 Å². The molecule has 0 saturated carbocycles. The molecule has 4 nitrogen and oxygen atoms in total. The van der Waals surface area contributed by atoms with E-state index in [-0.39, 0.29) is 0 Å². The number of hydrogen-bond donors (Lipinski definition) is 0. The number of ether oxygens (including phenoxy) is 1. The summed E-state index contributed by atoms with van der Waals surface area (Å²) in [6, 6.07) is 7.26. The Morgan fingerprint density at radius 3 is 2.67 bits per heavy atom. The van der Waals surface area contributed by atoms with Gasteiger partial charge in [-0.2, -0.15) is 0 Å². The van der Waals surface area contributed by atoms with Crippen molar-refractivity contribution in [2.45, 2.75) is 37.4 Å². The van der Waals surface area contributed by atoms with Gasteiger partial charge in [-0.3, -0.25) is 4.57 Å². The predicted octanol–water partition coefficient (Wildman–Crippen LogP) is 4.20. The van der Waals surface area contributed by atoms with E-state index in [1.165, 1.54) is 0 Å². The lowest BCUT2D eigenvalue weighted by Crippen LogP contribution is -2.08. The zero-order chi connectivity index (χ0) is 15.2. The van der Waals surface area contributed by atoms with Crippen LogP contribution in [-0.2, 0) is 13.2 Å². The largest absolute Gasteiger partial charge is 0.486 e. The summed E-state index contributed by atoms with van der Waals surface area (Å²) in [5.41, 5.74) is 0. The van der Waals surface area contributed by atoms with Crippen LogP contribution in [0.4, 0.5) is 0 Å². The maximum absolute atomic E-state index is 5.85. The van der Waals surface area contributed by atoms with Crippen LogP contribution in [0.15, 0.2) is 42.1 Å². The highest BCUT2D eigenvalue weighted by atomic mass is 35.5. The third-order valence-corrected chi connectivity index (χ3v) is 3.86. The number of allylic oxidation sites excluding steroid dienone is 1. The smallest absolute Gasteiger partial charge is 0.191 e. The van der Waals surface area contributed by atoms with Crippen molar-refractivity contribution in [2.75, 3.05) is 0 Å². The lowest BCUT2D eigenvalue weighted by molar-refractivity contribution is 0.289. The van der Waals surface area contributed by atoms with E-state index < -0.39 is 0 Å². The van der Waals surface area contributed by atoms with Crippen LogP contribution in [0.3, 0.4) is 0 Å². The first-order chi connectivity index (χ1) is 10.1. The van der Waals surface area contributed by atoms with Gasteiger partial charge >= 0.3 is 0 Å². The van der Waals surface area contributed by atoms with E-state index in [0.29, 0.717) is 23.4 Å². The van der Waals surface area contributed by atoms with Crippen molar-refractivity contribution >= 4 is 23.4 Å². The summed E-state index contributed by atoms with van der Waals surface area (Å²) < 4.78 is 7.75. The van der Waals surface area contributed by atoms with Crippen LogP contribution in [0.5, 0.6) is 5.75 Å². The first-order valence-electron chi connectivity index (χ1n) is 6.68. The summed E-state index contributed by atoms with van der Waals surface area (Å²) in [7, 11) is 0. The summed E-state index contributed by atoms with van der Waals surface area (Å²) in [5, 5.41) is 10.5. The van der Waals surface area contributed by atoms with Crippen LogP contribution in [0.1, 0.15) is 19.7 Å². The summed E-state index contributed by atoms with van der Waals surface area (Å²) in [6.45, 7) is 9.07. The number of nitrogens with zero attached hydrogens (tertiary/aromatic N) is 3. The lowest BCUT2D eigenvalue weighted by Gasteiger charge is -2.10. The van der Waals surface area contributed by atoms with Crippen molar-refractivity contribution in [2.24, 2.45) is 0 Å². The van der Waals surface area contributed by atoms with Crippen molar-refractivity contribution in [3.63, 3.8) is 0 Å². The Morgan fingerprint density at radius 1 is 1.33 bits per heavy atom. The molecule has 0 aliphatic carbocycles. The quantitative estimate of drug-likeness (QED) is 0.565. The number of benzene rings is 1. The van der Waals surface area contributed by atoms with Crippen molar-refractivity contribution < 1.29 is 4.74 Å². The molecule has 0 aliphatic rings. The minimum Gasteiger partial charge on any atom is -0.486 e. The van der Waals surface area contributed by atoms with Gasteiger partial charge in [0.2, 0.25) is 0 Å². The van der Waals surface area contributed by atoms with Gasteiger partial charge < -0.3 is 4.74 Å². The molecule has 2 rings (SSSR count). The van der Waals surface area contributed by atoms with E-state index in [2.05, 4.69) is 30.6 Å². The fourth-order valence-corrected chi connectivity index (χ4v) is 2.66. The fraction of sp³-hybridized carbons (Fsp3) is 0.333. The molecule has 0 unspecified atom stereocenters. The van der Waals surface area contributed by atoms with E-state index >= 15 is 0 Å². The van der Waals surface area contributed by atoms with Crippen molar-refractivity contribution in [3.05, 3.63) is 47.8 Å². The summed E-state index contributed by atoms with van der Waals surface area (Å²) in [4.78, 5) is 0. The average Bonchev–Trinajstić information content (AvgIpc) is 2.81. The number of rotatable bonds is 7. The second-order valence-corrected chi connectivity index (χ2v) is 6.69. The maximum Gasteiger partial charge on any atom is 0.191 e. The zero-order valence-corrected chi connectivity index (χ0v) is 13.7. The number of aromatic nitrogens is 3. The van der Waals surface area contributed by atoms with Crippen LogP contribution < -0.4 is 4.74 Å². The Balaban J connectivity index is 2.09. The lowest BCUT2D eigenvalue weighted by atomic mass is 10.3. The van der Waals surface area contributed by atoms with E-state index in [0.717, 1.165) is 16.7 Å². The Morgan fingerprint density at radius 2 is 2.05 bits per heavy atom. The normalized spacial score (nSPS) is 10.9. The second-order valence-electron chi connectivity index (χ2n) is 4.71. The monoisotopic (exact) mass is 323 g/mol. The third kappa shape index (κ3) is 4.51. The van der Waals surface area contributed by atoms with E-state index in [1.54, 1.807) is 23.9 Å². The summed E-state index contributed by atoms with van der Waals surface area (Å²) in [5.74, 6) is 1.54. The molecular weight excluding hydrogens is 306 g/mol. The van der Waals surface area contributed by atoms with Gasteiger partial charge in [-0.1, -0.05) is 43.3 Å². The molecule has 0 saturated heterocycles. The highest BCUT2D eigenvalue weighted by molar-refractivity contribution is 7.99. The first kappa shape index (κ1) is 15.9. The second kappa shape index (κ2) is 7.52. The summed E-state index contributed by atoms with van der Waals surface area (Å²) in [6.07, 6.45) is 1.83. The first-order valence-corrected chi connectivity index (χ1v) is 7.94. The number of thioether (sulfide) groups is 1. The molecule has 21 heavy (non-hydrogen) atoms. The van der Waals surface area contributed by atoms with E-state index in [1.807, 2.05) is 22.8 Å². The van der Waals surface area contributed by atoms with Crippen LogP contribution in [0, 0.1) is 0 Å². The Labute approximate surface area is 134 Å². The molecule has 0 fully saturated rings. The van der Waals surface area contributed by atoms with Gasteiger partial charge in [0.15, 0.2) is 11.0 Å². The fourth-order valence-electron chi connectivity index (χ4n) is 1.71. The third-order valence-electron chi connectivity index (χ3n) is 2.63. The molecule has 0 spiro atoms. The molecule has 1 heterocycles. The van der Waals surface area contributed by atoms with Gasteiger partial charge in [0, 0.05) is 16.8 Å². The highest BCUT2D eigenvalue weighted by Gasteiger charge is 2.13. The summed E-state index contributed by atoms with van der Waals surface area (Å²) >= 11 is 7.53. The minimum absolute atomic E-state index is 0.362. The molecule has 0 amide bonds. The van der Waals surface area contributed by atoms with Gasteiger partial charge in [0.25, 0.3) is 0 Å². The molecule has 0 bridgehead atoms. The molecule has 2 aromatic rings. The molecule has 0 atom stereocenters. The topological polar surface area (TPSA) is 39.9 Å². The Hall–Kier alpha value is -1.46.